The first kappa shape index (κ1) is 19.8. The zero-order chi connectivity index (χ0) is 21.0. The van der Waals surface area contributed by atoms with Crippen LogP contribution in [-0.2, 0) is 0 Å². The lowest BCUT2D eigenvalue weighted by Gasteiger charge is -2.09. The predicted molar refractivity (Wildman–Crippen MR) is 137 cm³/mol. The Morgan fingerprint density at radius 3 is 1.87 bits per heavy atom. The van der Waals surface area contributed by atoms with Crippen LogP contribution in [0, 0.1) is 5.41 Å². The Bertz CT molecular complexity index is 1310. The highest BCUT2D eigenvalue weighted by molar-refractivity contribution is 7.26. The van der Waals surface area contributed by atoms with Crippen LogP contribution < -0.4 is 0 Å². The lowest BCUT2D eigenvalue weighted by molar-refractivity contribution is 1.47. The lowest BCUT2D eigenvalue weighted by Crippen LogP contribution is -2.15. The van der Waals surface area contributed by atoms with Gasteiger partial charge in [-0.2, -0.15) is 0 Å². The Balaban J connectivity index is 1.69. The normalized spacial score (nSPS) is 11.5. The highest BCUT2D eigenvalue weighted by Gasteiger charge is 2.17. The van der Waals surface area contributed by atoms with Crippen molar-refractivity contribution in [1.29, 1.82) is 5.41 Å². The number of aliphatic imine (C=N–C) groups is 1. The highest BCUT2D eigenvalue weighted by Crippen LogP contribution is 2.45. The largest absolute Gasteiger partial charge is 0.298 e. The van der Waals surface area contributed by atoms with Crippen LogP contribution in [0.1, 0.15) is 11.1 Å². The zero-order valence-electron chi connectivity index (χ0n) is 16.5. The van der Waals surface area contributed by atoms with E-state index in [0.29, 0.717) is 11.4 Å². The molecule has 3 heterocycles. The summed E-state index contributed by atoms with van der Waals surface area (Å²) in [5, 5.41) is 13.1. The van der Waals surface area contributed by atoms with Gasteiger partial charge >= 0.3 is 0 Å². The van der Waals surface area contributed by atoms with E-state index in [-0.39, 0.29) is 0 Å². The molecule has 0 aliphatic heterocycles. The van der Waals surface area contributed by atoms with Crippen LogP contribution in [0.5, 0.6) is 0 Å². The number of hydrogen-bond donors (Lipinski definition) is 1. The molecule has 0 radical (unpaired) electrons. The summed E-state index contributed by atoms with van der Waals surface area (Å²) < 4.78 is 0. The monoisotopic (exact) mass is 454 g/mol. The number of benzene rings is 2. The van der Waals surface area contributed by atoms with Crippen molar-refractivity contribution >= 4 is 51.1 Å². The molecule has 5 heteroatoms. The Labute approximate surface area is 193 Å². The van der Waals surface area contributed by atoms with E-state index < -0.39 is 0 Å². The number of nitrogens with one attached hydrogen (secondary N) is 1. The van der Waals surface area contributed by atoms with Gasteiger partial charge in [-0.05, 0) is 29.0 Å². The molecule has 0 aliphatic rings. The fourth-order valence-electron chi connectivity index (χ4n) is 3.31. The number of nitrogens with zero attached hydrogens (tertiary/aromatic N) is 1. The molecule has 1 N–H and O–H groups in total. The molecule has 2 aromatic carbocycles. The molecule has 0 atom stereocenters. The quantitative estimate of drug-likeness (QED) is 0.250. The molecule has 31 heavy (non-hydrogen) atoms. The van der Waals surface area contributed by atoms with Crippen molar-refractivity contribution in [3.63, 3.8) is 0 Å². The van der Waals surface area contributed by atoms with Crippen molar-refractivity contribution < 1.29 is 0 Å². The maximum Gasteiger partial charge on any atom is 0.0965 e. The minimum atomic E-state index is 0.424. The average Bonchev–Trinajstić information content (AvgIpc) is 3.59. The maximum atomic E-state index is 8.94. The molecule has 0 bridgehead atoms. The summed E-state index contributed by atoms with van der Waals surface area (Å²) in [6.07, 6.45) is 0. The van der Waals surface area contributed by atoms with Crippen molar-refractivity contribution in [2.45, 2.75) is 0 Å². The molecular weight excluding hydrogens is 437 g/mol. The topological polar surface area (TPSA) is 36.2 Å². The minimum Gasteiger partial charge on any atom is -0.298 e. The van der Waals surface area contributed by atoms with Gasteiger partial charge in [-0.25, -0.2) is 4.99 Å². The molecule has 0 aliphatic carbocycles. The van der Waals surface area contributed by atoms with Crippen LogP contribution in [0.25, 0.3) is 19.5 Å². The third-order valence-electron chi connectivity index (χ3n) is 4.80. The molecule has 5 aromatic rings. The van der Waals surface area contributed by atoms with E-state index in [1.807, 2.05) is 60.7 Å². The van der Waals surface area contributed by atoms with Gasteiger partial charge in [0.1, 0.15) is 0 Å². The van der Waals surface area contributed by atoms with Gasteiger partial charge in [0.15, 0.2) is 0 Å². The molecule has 0 saturated heterocycles. The molecule has 0 fully saturated rings. The first-order valence-electron chi connectivity index (χ1n) is 9.79. The van der Waals surface area contributed by atoms with E-state index in [1.54, 1.807) is 34.0 Å². The van der Waals surface area contributed by atoms with E-state index in [2.05, 4.69) is 41.1 Å². The Morgan fingerprint density at radius 2 is 1.26 bits per heavy atom. The number of thiophene rings is 3. The summed E-state index contributed by atoms with van der Waals surface area (Å²) in [5.74, 6) is 0. The third kappa shape index (κ3) is 4.21. The molecule has 0 saturated carbocycles. The van der Waals surface area contributed by atoms with Crippen molar-refractivity contribution in [2.24, 2.45) is 4.99 Å². The molecule has 2 nitrogen and oxygen atoms in total. The van der Waals surface area contributed by atoms with Gasteiger partial charge in [-0.1, -0.05) is 72.8 Å². The molecule has 150 valence electrons. The van der Waals surface area contributed by atoms with Gasteiger partial charge in [0, 0.05) is 25.8 Å². The Kier molecular flexibility index (Phi) is 5.71. The van der Waals surface area contributed by atoms with Gasteiger partial charge in [-0.15, -0.1) is 34.0 Å². The van der Waals surface area contributed by atoms with E-state index >= 15 is 0 Å². The van der Waals surface area contributed by atoms with E-state index in [0.717, 1.165) is 21.7 Å². The van der Waals surface area contributed by atoms with Gasteiger partial charge in [0.05, 0.1) is 22.0 Å². The average molecular weight is 455 g/mol. The molecule has 5 rings (SSSR count). The summed E-state index contributed by atoms with van der Waals surface area (Å²) in [5.41, 5.74) is 3.82. The minimum absolute atomic E-state index is 0.424. The summed E-state index contributed by atoms with van der Waals surface area (Å²) in [7, 11) is 0. The smallest absolute Gasteiger partial charge is 0.0965 e. The third-order valence-corrected chi connectivity index (χ3v) is 8.04. The molecule has 0 spiro atoms. The van der Waals surface area contributed by atoms with E-state index in [9.17, 15) is 0 Å². The second kappa shape index (κ2) is 8.94. The first-order chi connectivity index (χ1) is 15.3. The summed E-state index contributed by atoms with van der Waals surface area (Å²) in [4.78, 5) is 9.89. The maximum absolute atomic E-state index is 8.94. The second-order valence-electron chi connectivity index (χ2n) is 6.85. The van der Waals surface area contributed by atoms with Gasteiger partial charge in [-0.3, -0.25) is 5.41 Å². The van der Waals surface area contributed by atoms with Crippen molar-refractivity contribution in [1.82, 2.24) is 0 Å². The van der Waals surface area contributed by atoms with Crippen molar-refractivity contribution in [3.8, 4) is 19.5 Å². The summed E-state index contributed by atoms with van der Waals surface area (Å²) in [6, 6.07) is 30.4. The SMILES string of the molecule is N=C(C(=Nc1cc(-c2cccs2)sc1-c1cccs1)c1ccccc1)c1ccccc1. The van der Waals surface area contributed by atoms with Crippen LogP contribution in [0.15, 0.2) is 107 Å². The Morgan fingerprint density at radius 1 is 0.645 bits per heavy atom. The van der Waals surface area contributed by atoms with Gasteiger partial charge in [0.2, 0.25) is 0 Å². The summed E-state index contributed by atoms with van der Waals surface area (Å²) >= 11 is 5.22. The Hall–Kier alpha value is -3.12. The highest BCUT2D eigenvalue weighted by atomic mass is 32.1. The molecule has 0 unspecified atom stereocenters. The van der Waals surface area contributed by atoms with Crippen LogP contribution in [-0.4, -0.2) is 11.4 Å². The predicted octanol–water partition coefficient (Wildman–Crippen LogP) is 8.39. The van der Waals surface area contributed by atoms with Gasteiger partial charge < -0.3 is 0 Å². The zero-order valence-corrected chi connectivity index (χ0v) is 18.9. The van der Waals surface area contributed by atoms with E-state index in [4.69, 9.17) is 10.4 Å². The fraction of sp³-hybridized carbons (Fsp3) is 0. The van der Waals surface area contributed by atoms with Crippen LogP contribution in [0.3, 0.4) is 0 Å². The van der Waals surface area contributed by atoms with Crippen LogP contribution in [0.4, 0.5) is 5.69 Å². The molecular formula is C26H18N2S3. The molecule has 0 amide bonds. The standard InChI is InChI=1S/C26H18N2S3/c27-24(18-9-3-1-4-10-18)25(19-11-5-2-6-12-19)28-20-17-23(21-13-7-15-29-21)31-26(20)22-14-8-16-30-22/h1-17,27H. The van der Waals surface area contributed by atoms with Crippen molar-refractivity contribution in [3.05, 3.63) is 113 Å². The van der Waals surface area contributed by atoms with Crippen LogP contribution in [0.2, 0.25) is 0 Å². The first-order valence-corrected chi connectivity index (χ1v) is 12.4. The lowest BCUT2D eigenvalue weighted by atomic mass is 9.99. The second-order valence-corrected chi connectivity index (χ2v) is 9.79. The fourth-order valence-corrected chi connectivity index (χ4v) is 6.10. The van der Waals surface area contributed by atoms with Crippen molar-refractivity contribution in [2.75, 3.05) is 0 Å². The van der Waals surface area contributed by atoms with Gasteiger partial charge in [0.25, 0.3) is 0 Å². The van der Waals surface area contributed by atoms with Crippen LogP contribution >= 0.6 is 34.0 Å². The van der Waals surface area contributed by atoms with E-state index in [1.165, 1.54) is 14.6 Å². The molecule has 3 aromatic heterocycles. The number of hydrogen-bond acceptors (Lipinski definition) is 5. The summed E-state index contributed by atoms with van der Waals surface area (Å²) in [6.45, 7) is 0. The number of rotatable bonds is 6.